The first kappa shape index (κ1) is 18.9. The zero-order valence-corrected chi connectivity index (χ0v) is 14.7. The topological polar surface area (TPSA) is 150 Å². The zero-order valence-electron chi connectivity index (χ0n) is 14.7. The molecule has 2 heterocycles. The molecule has 146 valence electrons. The highest BCUT2D eigenvalue weighted by atomic mass is 16.5. The van der Waals surface area contributed by atoms with Gasteiger partial charge in [-0.1, -0.05) is 30.3 Å². The molecule has 1 fully saturated rings. The van der Waals surface area contributed by atoms with Crippen LogP contribution in [0.5, 0.6) is 5.75 Å². The largest absolute Gasteiger partial charge is 0.483 e. The number of aromatic amines is 1. The van der Waals surface area contributed by atoms with Gasteiger partial charge in [0.25, 0.3) is 5.91 Å². The van der Waals surface area contributed by atoms with Crippen LogP contribution in [0.1, 0.15) is 16.1 Å². The number of nitrogens with one attached hydrogen (secondary N) is 3. The molecule has 28 heavy (non-hydrogen) atoms. The fourth-order valence-corrected chi connectivity index (χ4v) is 2.53. The summed E-state index contributed by atoms with van der Waals surface area (Å²) < 4.78 is 5.46. The molecule has 0 radical (unpaired) electrons. The minimum Gasteiger partial charge on any atom is -0.483 e. The van der Waals surface area contributed by atoms with Gasteiger partial charge in [-0.05, 0) is 5.56 Å². The summed E-state index contributed by atoms with van der Waals surface area (Å²) in [6.45, 7) is 0.349. The Morgan fingerprint density at radius 1 is 1.18 bits per heavy atom. The Balaban J connectivity index is 1.62. The van der Waals surface area contributed by atoms with Gasteiger partial charge in [-0.2, -0.15) is 0 Å². The molecule has 5 N–H and O–H groups in total. The van der Waals surface area contributed by atoms with Crippen LogP contribution < -0.4 is 26.9 Å². The van der Waals surface area contributed by atoms with Crippen molar-refractivity contribution in [2.45, 2.75) is 6.61 Å². The van der Waals surface area contributed by atoms with Gasteiger partial charge in [-0.15, -0.1) is 0 Å². The van der Waals surface area contributed by atoms with Gasteiger partial charge in [0.05, 0.1) is 13.1 Å². The van der Waals surface area contributed by atoms with E-state index in [4.69, 9.17) is 10.6 Å². The van der Waals surface area contributed by atoms with Gasteiger partial charge in [-0.25, -0.2) is 25.3 Å². The Labute approximate surface area is 159 Å². The van der Waals surface area contributed by atoms with Crippen molar-refractivity contribution in [2.24, 2.45) is 5.84 Å². The Bertz CT molecular complexity index is 945. The maximum Gasteiger partial charge on any atom is 0.347 e. The van der Waals surface area contributed by atoms with E-state index in [1.165, 1.54) is 6.20 Å². The van der Waals surface area contributed by atoms with E-state index in [2.05, 4.69) is 10.4 Å². The number of nitrogens with zero attached hydrogens (tertiary/aromatic N) is 2. The number of hydrazine groups is 2. The molecule has 0 unspecified atom stereocenters. The van der Waals surface area contributed by atoms with Gasteiger partial charge in [0.2, 0.25) is 5.43 Å². The summed E-state index contributed by atoms with van der Waals surface area (Å²) in [5.74, 6) is 4.34. The Morgan fingerprint density at radius 2 is 1.93 bits per heavy atom. The third kappa shape index (κ3) is 4.10. The highest BCUT2D eigenvalue weighted by Crippen LogP contribution is 2.09. The van der Waals surface area contributed by atoms with E-state index in [1.54, 1.807) is 0 Å². The van der Waals surface area contributed by atoms with E-state index < -0.39 is 23.4 Å². The Kier molecular flexibility index (Phi) is 5.56. The van der Waals surface area contributed by atoms with E-state index in [-0.39, 0.29) is 31.1 Å². The zero-order chi connectivity index (χ0) is 20.1. The molecule has 11 nitrogen and oxygen atoms in total. The summed E-state index contributed by atoms with van der Waals surface area (Å²) in [5.41, 5.74) is 4.51. The number of imide groups is 1. The van der Waals surface area contributed by atoms with E-state index in [1.807, 2.05) is 35.8 Å². The van der Waals surface area contributed by atoms with Gasteiger partial charge >= 0.3 is 12.1 Å². The molecule has 3 rings (SSSR count). The van der Waals surface area contributed by atoms with E-state index in [0.717, 1.165) is 21.5 Å². The quantitative estimate of drug-likeness (QED) is 0.321. The van der Waals surface area contributed by atoms with Gasteiger partial charge in [0.1, 0.15) is 12.3 Å². The van der Waals surface area contributed by atoms with Crippen molar-refractivity contribution in [1.29, 1.82) is 0 Å². The van der Waals surface area contributed by atoms with Gasteiger partial charge in [0.15, 0.2) is 5.75 Å². The number of benzene rings is 1. The second-order valence-corrected chi connectivity index (χ2v) is 5.83. The normalized spacial score (nSPS) is 13.4. The summed E-state index contributed by atoms with van der Waals surface area (Å²) in [6, 6.07) is 8.85. The third-order valence-electron chi connectivity index (χ3n) is 3.97. The molecule has 0 bridgehead atoms. The minimum absolute atomic E-state index is 0.0587. The molecule has 1 saturated heterocycles. The molecule has 1 aromatic carbocycles. The lowest BCUT2D eigenvalue weighted by molar-refractivity contribution is 0.0841. The smallest absolute Gasteiger partial charge is 0.347 e. The Morgan fingerprint density at radius 3 is 2.61 bits per heavy atom. The first-order chi connectivity index (χ1) is 13.5. The molecule has 0 saturated carbocycles. The van der Waals surface area contributed by atoms with Crippen LogP contribution in [0.15, 0.2) is 47.4 Å². The van der Waals surface area contributed by atoms with Crippen LogP contribution in [-0.2, 0) is 6.61 Å². The van der Waals surface area contributed by atoms with Crippen LogP contribution in [0.25, 0.3) is 0 Å². The number of aromatic nitrogens is 1. The maximum atomic E-state index is 12.3. The molecule has 0 spiro atoms. The fraction of sp³-hybridized carbons (Fsp3) is 0.176. The second-order valence-electron chi connectivity index (χ2n) is 5.83. The first-order valence-electron chi connectivity index (χ1n) is 8.29. The lowest BCUT2D eigenvalue weighted by Gasteiger charge is -2.17. The number of H-pyrrole nitrogens is 1. The van der Waals surface area contributed by atoms with Crippen LogP contribution in [0.3, 0.4) is 0 Å². The molecule has 2 aromatic rings. The molecule has 5 amide bonds. The summed E-state index contributed by atoms with van der Waals surface area (Å²) in [5, 5.41) is 0.954. The number of ether oxygens (including phenoxy) is 1. The third-order valence-corrected chi connectivity index (χ3v) is 3.97. The lowest BCUT2D eigenvalue weighted by Crippen LogP contribution is -2.49. The maximum absolute atomic E-state index is 12.3. The average Bonchev–Trinajstić information content (AvgIpc) is 3.07. The number of nitrogens with two attached hydrogens (primary N) is 1. The van der Waals surface area contributed by atoms with E-state index in [0.29, 0.717) is 0 Å². The number of urea groups is 2. The van der Waals surface area contributed by atoms with Gasteiger partial charge < -0.3 is 9.72 Å². The number of hydrogen-bond acceptors (Lipinski definition) is 6. The highest BCUT2D eigenvalue weighted by molar-refractivity contribution is 5.97. The second kappa shape index (κ2) is 8.22. The number of pyridine rings is 1. The predicted octanol–water partition coefficient (Wildman–Crippen LogP) is -0.0804. The SMILES string of the molecule is NNC(=O)N1CCN(NC(=O)c2cc(=O)c(OCc3ccccc3)c[nH]2)C1=O. The highest BCUT2D eigenvalue weighted by Gasteiger charge is 2.34. The molecule has 1 aromatic heterocycles. The van der Waals surface area contributed by atoms with Crippen LogP contribution in [-0.4, -0.2) is 46.0 Å². The molecule has 0 atom stereocenters. The lowest BCUT2D eigenvalue weighted by atomic mass is 10.2. The Hall–Kier alpha value is -3.86. The summed E-state index contributed by atoms with van der Waals surface area (Å²) in [7, 11) is 0. The minimum atomic E-state index is -0.782. The molecule has 1 aliphatic heterocycles. The van der Waals surface area contributed by atoms with Crippen LogP contribution >= 0.6 is 0 Å². The number of carbonyl (C=O) groups is 3. The van der Waals surface area contributed by atoms with E-state index >= 15 is 0 Å². The molecular formula is C17H18N6O5. The number of rotatable bonds is 5. The summed E-state index contributed by atoms with van der Waals surface area (Å²) in [6.07, 6.45) is 1.28. The van der Waals surface area contributed by atoms with Gasteiger partial charge in [-0.3, -0.25) is 20.4 Å². The van der Waals surface area contributed by atoms with Crippen molar-refractivity contribution in [3.05, 3.63) is 64.1 Å². The summed E-state index contributed by atoms with van der Waals surface area (Å²) >= 11 is 0. The summed E-state index contributed by atoms with van der Waals surface area (Å²) in [4.78, 5) is 51.4. The fourth-order valence-electron chi connectivity index (χ4n) is 2.53. The van der Waals surface area contributed by atoms with Crippen LogP contribution in [0.4, 0.5) is 9.59 Å². The van der Waals surface area contributed by atoms with E-state index in [9.17, 15) is 19.2 Å². The van der Waals surface area contributed by atoms with Crippen molar-refractivity contribution in [3.63, 3.8) is 0 Å². The van der Waals surface area contributed by atoms with Crippen molar-refractivity contribution in [1.82, 2.24) is 25.7 Å². The van der Waals surface area contributed by atoms with Crippen molar-refractivity contribution < 1.29 is 19.1 Å². The standard InChI is InChI=1S/C17H18N6O5/c18-20-16(26)22-6-7-23(17(22)27)21-15(25)12-8-13(24)14(9-19-12)28-10-11-4-2-1-3-5-11/h1-5,8-9H,6-7,10,18H2,(H,19,24)(H,20,26)(H,21,25). The molecular weight excluding hydrogens is 368 g/mol. The van der Waals surface area contributed by atoms with Crippen molar-refractivity contribution >= 4 is 18.0 Å². The average molecular weight is 386 g/mol. The predicted molar refractivity (Wildman–Crippen MR) is 96.8 cm³/mol. The van der Waals surface area contributed by atoms with Crippen molar-refractivity contribution in [3.8, 4) is 5.75 Å². The molecule has 0 aliphatic carbocycles. The monoisotopic (exact) mass is 386 g/mol. The number of carbonyl (C=O) groups excluding carboxylic acids is 3. The number of amides is 5. The first-order valence-corrected chi connectivity index (χ1v) is 8.29. The molecule has 1 aliphatic rings. The van der Waals surface area contributed by atoms with Crippen molar-refractivity contribution in [2.75, 3.05) is 13.1 Å². The van der Waals surface area contributed by atoms with Crippen LogP contribution in [0, 0.1) is 0 Å². The number of hydrogen-bond donors (Lipinski definition) is 4. The van der Waals surface area contributed by atoms with Crippen LogP contribution in [0.2, 0.25) is 0 Å². The molecule has 11 heteroatoms. The van der Waals surface area contributed by atoms with Gasteiger partial charge in [0, 0.05) is 12.3 Å².